The molecule has 0 spiro atoms. The van der Waals surface area contributed by atoms with Crippen molar-refractivity contribution in [2.45, 2.75) is 12.6 Å². The number of nitrogens with one attached hydrogen (secondary N) is 1. The summed E-state index contributed by atoms with van der Waals surface area (Å²) < 4.78 is 17.6. The molecule has 1 aromatic heterocycles. The zero-order valence-corrected chi connectivity index (χ0v) is 16.0. The van der Waals surface area contributed by atoms with Crippen LogP contribution in [0.5, 0.6) is 17.2 Å². The number of nitrogens with zero attached hydrogens (tertiary/aromatic N) is 4. The molecule has 2 N–H and O–H groups in total. The van der Waals surface area contributed by atoms with Crippen LogP contribution in [0.15, 0.2) is 42.5 Å². The topological polar surface area (TPSA) is 104 Å². The molecular weight excluding hydrogens is 362 g/mol. The first-order valence-electron chi connectivity index (χ1n) is 8.69. The summed E-state index contributed by atoms with van der Waals surface area (Å²) in [6, 6.07) is 13.1. The van der Waals surface area contributed by atoms with Gasteiger partial charge in [0.1, 0.15) is 0 Å². The highest BCUT2D eigenvalue weighted by Gasteiger charge is 2.15. The van der Waals surface area contributed by atoms with E-state index >= 15 is 0 Å². The van der Waals surface area contributed by atoms with E-state index in [2.05, 4.69) is 20.8 Å². The number of tetrazole rings is 1. The van der Waals surface area contributed by atoms with Gasteiger partial charge in [-0.3, -0.25) is 0 Å². The average Bonchev–Trinajstić information content (AvgIpc) is 3.19. The van der Waals surface area contributed by atoms with Crippen LogP contribution in [0.3, 0.4) is 0 Å². The van der Waals surface area contributed by atoms with E-state index in [9.17, 15) is 5.11 Å². The molecule has 9 heteroatoms. The lowest BCUT2D eigenvalue weighted by Crippen LogP contribution is -2.26. The second-order valence-electron chi connectivity index (χ2n) is 6.00. The van der Waals surface area contributed by atoms with E-state index in [1.165, 1.54) is 0 Å². The summed E-state index contributed by atoms with van der Waals surface area (Å²) in [4.78, 5) is 0. The molecule has 28 heavy (non-hydrogen) atoms. The fourth-order valence-corrected chi connectivity index (χ4v) is 2.80. The van der Waals surface area contributed by atoms with Gasteiger partial charge in [0.05, 0.1) is 34.0 Å². The van der Waals surface area contributed by atoms with Gasteiger partial charge in [-0.1, -0.05) is 30.3 Å². The Morgan fingerprint density at radius 2 is 1.71 bits per heavy atom. The highest BCUT2D eigenvalue weighted by Crippen LogP contribution is 2.39. The van der Waals surface area contributed by atoms with Gasteiger partial charge in [0, 0.05) is 29.9 Å². The molecule has 148 valence electrons. The van der Waals surface area contributed by atoms with Gasteiger partial charge in [-0.2, -0.15) is 0 Å². The SMILES string of the molecule is COc1cc(NCC(O)Cn2nnnc2-c2ccccc2)cc(OC)c1OC. The Morgan fingerprint density at radius 3 is 2.32 bits per heavy atom. The lowest BCUT2D eigenvalue weighted by atomic mass is 10.2. The van der Waals surface area contributed by atoms with Crippen molar-refractivity contribution in [2.75, 3.05) is 33.2 Å². The van der Waals surface area contributed by atoms with Crippen LogP contribution in [0.25, 0.3) is 11.4 Å². The van der Waals surface area contributed by atoms with Gasteiger partial charge in [-0.15, -0.1) is 5.10 Å². The molecule has 3 aromatic rings. The summed E-state index contributed by atoms with van der Waals surface area (Å²) in [6.45, 7) is 0.529. The molecule has 1 unspecified atom stereocenters. The minimum absolute atomic E-state index is 0.245. The van der Waals surface area contributed by atoms with Crippen molar-refractivity contribution in [3.05, 3.63) is 42.5 Å². The van der Waals surface area contributed by atoms with E-state index in [-0.39, 0.29) is 13.1 Å². The number of hydrogen-bond donors (Lipinski definition) is 2. The Labute approximate surface area is 162 Å². The molecule has 0 radical (unpaired) electrons. The molecular formula is C19H23N5O4. The highest BCUT2D eigenvalue weighted by molar-refractivity contribution is 5.62. The number of aliphatic hydroxyl groups is 1. The largest absolute Gasteiger partial charge is 0.493 e. The summed E-state index contributed by atoms with van der Waals surface area (Å²) >= 11 is 0. The quantitative estimate of drug-likeness (QED) is 0.575. The molecule has 0 aliphatic carbocycles. The maximum Gasteiger partial charge on any atom is 0.203 e. The molecule has 2 aromatic carbocycles. The van der Waals surface area contributed by atoms with E-state index in [0.717, 1.165) is 11.3 Å². The summed E-state index contributed by atoms with van der Waals surface area (Å²) in [5.74, 6) is 2.18. The van der Waals surface area contributed by atoms with Crippen molar-refractivity contribution in [3.8, 4) is 28.6 Å². The zero-order valence-electron chi connectivity index (χ0n) is 16.0. The Morgan fingerprint density at radius 1 is 1.04 bits per heavy atom. The normalized spacial score (nSPS) is 11.7. The summed E-state index contributed by atoms with van der Waals surface area (Å²) in [6.07, 6.45) is -0.718. The molecule has 3 rings (SSSR count). The standard InChI is InChI=1S/C19H23N5O4/c1-26-16-9-14(10-17(27-2)18(16)28-3)20-11-15(25)12-24-19(21-22-23-24)13-7-5-4-6-8-13/h4-10,15,20,25H,11-12H2,1-3H3. The van der Waals surface area contributed by atoms with Gasteiger partial charge >= 0.3 is 0 Å². The molecule has 0 amide bonds. The van der Waals surface area contributed by atoms with Crippen LogP contribution < -0.4 is 19.5 Å². The van der Waals surface area contributed by atoms with Gasteiger partial charge < -0.3 is 24.6 Å². The summed E-state index contributed by atoms with van der Waals surface area (Å²) in [7, 11) is 4.66. The molecule has 0 bridgehead atoms. The maximum atomic E-state index is 10.4. The van der Waals surface area contributed by atoms with E-state index in [1.807, 2.05) is 30.3 Å². The molecule has 0 saturated carbocycles. The molecule has 1 heterocycles. The van der Waals surface area contributed by atoms with E-state index in [4.69, 9.17) is 14.2 Å². The van der Waals surface area contributed by atoms with Crippen LogP contribution >= 0.6 is 0 Å². The predicted molar refractivity (Wildman–Crippen MR) is 104 cm³/mol. The molecule has 0 fully saturated rings. The Hall–Kier alpha value is -3.33. The van der Waals surface area contributed by atoms with Crippen LogP contribution in [-0.2, 0) is 6.54 Å². The number of anilines is 1. The van der Waals surface area contributed by atoms with Gasteiger partial charge in [0.15, 0.2) is 17.3 Å². The highest BCUT2D eigenvalue weighted by atomic mass is 16.5. The third-order valence-corrected chi connectivity index (χ3v) is 4.15. The monoisotopic (exact) mass is 385 g/mol. The number of benzene rings is 2. The van der Waals surface area contributed by atoms with Crippen molar-refractivity contribution in [1.29, 1.82) is 0 Å². The number of ether oxygens (including phenoxy) is 3. The van der Waals surface area contributed by atoms with Crippen molar-refractivity contribution in [3.63, 3.8) is 0 Å². The van der Waals surface area contributed by atoms with E-state index in [1.54, 1.807) is 38.1 Å². The van der Waals surface area contributed by atoms with Crippen molar-refractivity contribution in [2.24, 2.45) is 0 Å². The molecule has 1 atom stereocenters. The third kappa shape index (κ3) is 4.32. The second-order valence-corrected chi connectivity index (χ2v) is 6.00. The maximum absolute atomic E-state index is 10.4. The van der Waals surface area contributed by atoms with Crippen molar-refractivity contribution in [1.82, 2.24) is 20.2 Å². The predicted octanol–water partition coefficient (Wildman–Crippen LogP) is 1.84. The molecule has 0 saturated heterocycles. The minimum Gasteiger partial charge on any atom is -0.493 e. The van der Waals surface area contributed by atoms with Crippen LogP contribution in [0.4, 0.5) is 5.69 Å². The number of rotatable bonds is 9. The summed E-state index contributed by atoms with van der Waals surface area (Å²) in [5, 5.41) is 25.4. The first kappa shape index (κ1) is 19.4. The molecule has 0 aliphatic rings. The zero-order chi connectivity index (χ0) is 19.9. The minimum atomic E-state index is -0.718. The Balaban J connectivity index is 1.67. The number of aromatic nitrogens is 4. The smallest absolute Gasteiger partial charge is 0.203 e. The Kier molecular flexibility index (Phi) is 6.28. The summed E-state index contributed by atoms with van der Waals surface area (Å²) in [5.41, 5.74) is 1.62. The van der Waals surface area contributed by atoms with Crippen LogP contribution in [0.1, 0.15) is 0 Å². The van der Waals surface area contributed by atoms with E-state index in [0.29, 0.717) is 23.1 Å². The Bertz CT molecular complexity index is 875. The fraction of sp³-hybridized carbons (Fsp3) is 0.316. The molecule has 0 aliphatic heterocycles. The first-order valence-corrected chi connectivity index (χ1v) is 8.69. The van der Waals surface area contributed by atoms with E-state index < -0.39 is 6.10 Å². The fourth-order valence-electron chi connectivity index (χ4n) is 2.80. The van der Waals surface area contributed by atoms with Crippen LogP contribution in [0, 0.1) is 0 Å². The first-order chi connectivity index (χ1) is 13.7. The van der Waals surface area contributed by atoms with Gasteiger partial charge in [0.2, 0.25) is 5.75 Å². The number of methoxy groups -OCH3 is 3. The van der Waals surface area contributed by atoms with Crippen molar-refractivity contribution >= 4 is 5.69 Å². The lowest BCUT2D eigenvalue weighted by molar-refractivity contribution is 0.161. The molecule has 9 nitrogen and oxygen atoms in total. The number of aliphatic hydroxyl groups excluding tert-OH is 1. The van der Waals surface area contributed by atoms with Crippen LogP contribution in [0.2, 0.25) is 0 Å². The van der Waals surface area contributed by atoms with Crippen LogP contribution in [-0.4, -0.2) is 59.3 Å². The number of hydrogen-bond acceptors (Lipinski definition) is 8. The van der Waals surface area contributed by atoms with Gasteiger partial charge in [-0.25, -0.2) is 4.68 Å². The second kappa shape index (κ2) is 9.05. The average molecular weight is 385 g/mol. The van der Waals surface area contributed by atoms with Gasteiger partial charge in [-0.05, 0) is 10.4 Å². The van der Waals surface area contributed by atoms with Gasteiger partial charge in [0.25, 0.3) is 0 Å². The van der Waals surface area contributed by atoms with Crippen molar-refractivity contribution < 1.29 is 19.3 Å². The third-order valence-electron chi connectivity index (χ3n) is 4.15. The lowest BCUT2D eigenvalue weighted by Gasteiger charge is -2.17.